The van der Waals surface area contributed by atoms with E-state index in [1.54, 1.807) is 12.1 Å². The maximum absolute atomic E-state index is 12.2. The first-order valence-corrected chi connectivity index (χ1v) is 9.95. The predicted molar refractivity (Wildman–Crippen MR) is 116 cm³/mol. The third-order valence-corrected chi connectivity index (χ3v) is 4.42. The topological polar surface area (TPSA) is 175 Å². The van der Waals surface area contributed by atoms with E-state index in [9.17, 15) is 29.3 Å². The van der Waals surface area contributed by atoms with E-state index in [0.29, 0.717) is 30.4 Å². The number of fused-ring (bicyclic) bond motifs is 1. The van der Waals surface area contributed by atoms with Gasteiger partial charge in [0.15, 0.2) is 18.1 Å². The molecule has 1 aliphatic heterocycles. The summed E-state index contributed by atoms with van der Waals surface area (Å²) in [6.45, 7) is 1.33. The van der Waals surface area contributed by atoms with Crippen LogP contribution in [-0.4, -0.2) is 54.6 Å². The van der Waals surface area contributed by atoms with Crippen LogP contribution in [0.15, 0.2) is 42.5 Å². The van der Waals surface area contributed by atoms with Gasteiger partial charge < -0.3 is 24.8 Å². The molecule has 1 atom stereocenters. The van der Waals surface area contributed by atoms with Crippen LogP contribution >= 0.6 is 0 Å². The van der Waals surface area contributed by atoms with Crippen LogP contribution in [0.25, 0.3) is 0 Å². The summed E-state index contributed by atoms with van der Waals surface area (Å²) in [5, 5.41) is 17.6. The van der Waals surface area contributed by atoms with Gasteiger partial charge in [0.2, 0.25) is 0 Å². The summed E-state index contributed by atoms with van der Waals surface area (Å²) in [5.41, 5.74) is 0.0421. The first kappa shape index (κ1) is 24.0. The van der Waals surface area contributed by atoms with E-state index in [0.717, 1.165) is 6.07 Å². The SMILES string of the molecule is C[C@H](NC(=O)c1cccc([N+](=O)[O-])c1)C(=O)OCC(=O)NC(=O)Nc1ccc2c(c1)OCCO2. The molecule has 2 aromatic rings. The minimum atomic E-state index is -1.16. The van der Waals surface area contributed by atoms with Gasteiger partial charge in [-0.2, -0.15) is 0 Å². The van der Waals surface area contributed by atoms with E-state index in [1.807, 2.05) is 5.32 Å². The molecule has 0 saturated carbocycles. The molecule has 2 aromatic carbocycles. The van der Waals surface area contributed by atoms with Crippen LogP contribution in [0.5, 0.6) is 11.5 Å². The lowest BCUT2D eigenvalue weighted by Gasteiger charge is -2.19. The van der Waals surface area contributed by atoms with E-state index < -0.39 is 41.4 Å². The number of ether oxygens (including phenoxy) is 3. The van der Waals surface area contributed by atoms with E-state index >= 15 is 0 Å². The Labute approximate surface area is 192 Å². The average molecular weight is 472 g/mol. The van der Waals surface area contributed by atoms with Crippen molar-refractivity contribution in [3.05, 3.63) is 58.1 Å². The number of carbonyl (C=O) groups is 4. The molecule has 0 unspecified atom stereocenters. The Morgan fingerprint density at radius 2 is 1.82 bits per heavy atom. The number of urea groups is 1. The van der Waals surface area contributed by atoms with E-state index in [1.165, 1.54) is 31.2 Å². The van der Waals surface area contributed by atoms with Crippen LogP contribution in [0, 0.1) is 10.1 Å². The Morgan fingerprint density at radius 1 is 1.09 bits per heavy atom. The van der Waals surface area contributed by atoms with Crippen molar-refractivity contribution in [2.75, 3.05) is 25.1 Å². The van der Waals surface area contributed by atoms with Crippen molar-refractivity contribution in [3.8, 4) is 11.5 Å². The molecule has 0 spiro atoms. The molecule has 4 amide bonds. The second-order valence-electron chi connectivity index (χ2n) is 6.97. The van der Waals surface area contributed by atoms with Gasteiger partial charge in [-0.05, 0) is 25.1 Å². The lowest BCUT2D eigenvalue weighted by atomic mass is 10.2. The normalized spacial score (nSPS) is 12.6. The van der Waals surface area contributed by atoms with Gasteiger partial charge in [0.25, 0.3) is 17.5 Å². The molecule has 0 fully saturated rings. The summed E-state index contributed by atoms with van der Waals surface area (Å²) >= 11 is 0. The molecule has 0 aliphatic carbocycles. The minimum absolute atomic E-state index is 0.0256. The molecule has 3 N–H and O–H groups in total. The minimum Gasteiger partial charge on any atom is -0.486 e. The molecule has 0 saturated heterocycles. The molecule has 178 valence electrons. The Balaban J connectivity index is 1.43. The second-order valence-corrected chi connectivity index (χ2v) is 6.97. The Kier molecular flexibility index (Phi) is 7.59. The lowest BCUT2D eigenvalue weighted by molar-refractivity contribution is -0.384. The fourth-order valence-corrected chi connectivity index (χ4v) is 2.81. The molecule has 1 aliphatic rings. The number of hydrogen-bond acceptors (Lipinski definition) is 9. The van der Waals surface area contributed by atoms with Crippen molar-refractivity contribution >= 4 is 35.2 Å². The van der Waals surface area contributed by atoms with Crippen molar-refractivity contribution in [2.24, 2.45) is 0 Å². The van der Waals surface area contributed by atoms with Crippen molar-refractivity contribution in [1.82, 2.24) is 10.6 Å². The molecule has 3 rings (SSSR count). The molecule has 13 heteroatoms. The zero-order chi connectivity index (χ0) is 24.7. The van der Waals surface area contributed by atoms with Crippen molar-refractivity contribution < 1.29 is 38.3 Å². The first-order valence-electron chi connectivity index (χ1n) is 9.95. The number of nitro groups is 1. The largest absolute Gasteiger partial charge is 0.486 e. The fraction of sp³-hybridized carbons (Fsp3) is 0.238. The van der Waals surface area contributed by atoms with E-state index in [4.69, 9.17) is 14.2 Å². The number of imide groups is 1. The number of nitrogens with one attached hydrogen (secondary N) is 3. The highest BCUT2D eigenvalue weighted by Crippen LogP contribution is 2.32. The third kappa shape index (κ3) is 6.41. The van der Waals surface area contributed by atoms with Crippen LogP contribution < -0.4 is 25.4 Å². The summed E-state index contributed by atoms with van der Waals surface area (Å²) in [7, 11) is 0. The van der Waals surface area contributed by atoms with Crippen LogP contribution in [0.1, 0.15) is 17.3 Å². The Bertz CT molecular complexity index is 1130. The zero-order valence-electron chi connectivity index (χ0n) is 17.9. The number of rotatable bonds is 7. The number of hydrogen-bond donors (Lipinski definition) is 3. The molecule has 34 heavy (non-hydrogen) atoms. The highest BCUT2D eigenvalue weighted by atomic mass is 16.6. The molecule has 0 radical (unpaired) electrons. The number of benzene rings is 2. The van der Waals surface area contributed by atoms with Crippen molar-refractivity contribution in [2.45, 2.75) is 13.0 Å². The van der Waals surface area contributed by atoms with Crippen LogP contribution in [0.4, 0.5) is 16.2 Å². The molecule has 1 heterocycles. The van der Waals surface area contributed by atoms with Crippen molar-refractivity contribution in [3.63, 3.8) is 0 Å². The molecule has 0 aromatic heterocycles. The van der Waals surface area contributed by atoms with Gasteiger partial charge in [-0.15, -0.1) is 0 Å². The number of nitro benzene ring substituents is 1. The maximum atomic E-state index is 12.2. The lowest BCUT2D eigenvalue weighted by Crippen LogP contribution is -2.42. The summed E-state index contributed by atoms with van der Waals surface area (Å²) in [5.74, 6) is -1.60. The number of amides is 4. The van der Waals surface area contributed by atoms with Crippen LogP contribution in [-0.2, 0) is 14.3 Å². The van der Waals surface area contributed by atoms with Gasteiger partial charge in [0.1, 0.15) is 19.3 Å². The Hall–Kier alpha value is -4.68. The molecule has 13 nitrogen and oxygen atoms in total. The number of anilines is 1. The second kappa shape index (κ2) is 10.8. The van der Waals surface area contributed by atoms with Gasteiger partial charge in [-0.25, -0.2) is 9.59 Å². The maximum Gasteiger partial charge on any atom is 0.328 e. The summed E-state index contributed by atoms with van der Waals surface area (Å²) in [6.07, 6.45) is 0. The summed E-state index contributed by atoms with van der Waals surface area (Å²) in [6, 6.07) is 7.63. The smallest absolute Gasteiger partial charge is 0.328 e. The predicted octanol–water partition coefficient (Wildman–Crippen LogP) is 1.38. The van der Waals surface area contributed by atoms with E-state index in [-0.39, 0.29) is 11.3 Å². The number of esters is 1. The molecule has 0 bridgehead atoms. The molecular weight excluding hydrogens is 452 g/mol. The zero-order valence-corrected chi connectivity index (χ0v) is 17.9. The Morgan fingerprint density at radius 3 is 2.56 bits per heavy atom. The summed E-state index contributed by atoms with van der Waals surface area (Å²) < 4.78 is 15.6. The van der Waals surface area contributed by atoms with Gasteiger partial charge in [0, 0.05) is 29.4 Å². The third-order valence-electron chi connectivity index (χ3n) is 4.42. The van der Waals surface area contributed by atoms with Crippen LogP contribution in [0.3, 0.4) is 0 Å². The fourth-order valence-electron chi connectivity index (χ4n) is 2.81. The highest BCUT2D eigenvalue weighted by Gasteiger charge is 2.21. The average Bonchev–Trinajstić information content (AvgIpc) is 2.82. The van der Waals surface area contributed by atoms with Gasteiger partial charge >= 0.3 is 12.0 Å². The standard InChI is InChI=1S/C21H20N4O9/c1-12(22-19(27)13-3-2-4-15(9-13)25(30)31)20(28)34-11-18(26)24-21(29)23-14-5-6-16-17(10-14)33-8-7-32-16/h2-6,9-10,12H,7-8,11H2,1H3,(H,22,27)(H2,23,24,26,29)/t12-/m0/s1. The number of carbonyl (C=O) groups excluding carboxylic acids is 4. The van der Waals surface area contributed by atoms with Crippen LogP contribution in [0.2, 0.25) is 0 Å². The quantitative estimate of drug-likeness (QED) is 0.305. The van der Waals surface area contributed by atoms with Gasteiger partial charge in [-0.1, -0.05) is 6.07 Å². The highest BCUT2D eigenvalue weighted by molar-refractivity contribution is 6.02. The van der Waals surface area contributed by atoms with Gasteiger partial charge in [-0.3, -0.25) is 25.0 Å². The molecular formula is C21H20N4O9. The van der Waals surface area contributed by atoms with Gasteiger partial charge in [0.05, 0.1) is 4.92 Å². The van der Waals surface area contributed by atoms with E-state index in [2.05, 4.69) is 10.6 Å². The number of non-ortho nitro benzene ring substituents is 1. The first-order chi connectivity index (χ1) is 16.2. The number of nitrogens with zero attached hydrogens (tertiary/aromatic N) is 1. The summed E-state index contributed by atoms with van der Waals surface area (Å²) in [4.78, 5) is 58.3. The monoisotopic (exact) mass is 472 g/mol. The van der Waals surface area contributed by atoms with Crippen molar-refractivity contribution in [1.29, 1.82) is 0 Å².